The SMILES string of the molecule is Cc1ccc(NC(=O)CN2C(=O)C(C)Oc3ccc(C=O)cc32)cc1C. The minimum atomic E-state index is -0.695. The van der Waals surface area contributed by atoms with E-state index in [1.54, 1.807) is 25.1 Å². The maximum atomic E-state index is 12.5. The molecule has 0 saturated heterocycles. The average molecular weight is 352 g/mol. The van der Waals surface area contributed by atoms with Gasteiger partial charge in [-0.1, -0.05) is 6.07 Å². The quantitative estimate of drug-likeness (QED) is 0.859. The fourth-order valence-electron chi connectivity index (χ4n) is 2.82. The molecular formula is C20H20N2O4. The van der Waals surface area contributed by atoms with Gasteiger partial charge in [-0.3, -0.25) is 19.3 Å². The molecule has 6 heteroatoms. The number of benzene rings is 2. The zero-order valence-corrected chi connectivity index (χ0v) is 14.9. The van der Waals surface area contributed by atoms with Gasteiger partial charge in [0.05, 0.1) is 5.69 Å². The lowest BCUT2D eigenvalue weighted by Crippen LogP contribution is -2.47. The molecule has 1 aliphatic rings. The summed E-state index contributed by atoms with van der Waals surface area (Å²) in [4.78, 5) is 37.4. The second kappa shape index (κ2) is 7.00. The third-order valence-corrected chi connectivity index (χ3v) is 4.42. The van der Waals surface area contributed by atoms with Crippen LogP contribution < -0.4 is 15.0 Å². The topological polar surface area (TPSA) is 75.7 Å². The normalized spacial score (nSPS) is 15.9. The smallest absolute Gasteiger partial charge is 0.268 e. The van der Waals surface area contributed by atoms with E-state index in [1.165, 1.54) is 4.90 Å². The van der Waals surface area contributed by atoms with Crippen molar-refractivity contribution in [2.24, 2.45) is 0 Å². The van der Waals surface area contributed by atoms with E-state index in [2.05, 4.69) is 5.32 Å². The van der Waals surface area contributed by atoms with E-state index in [0.717, 1.165) is 11.1 Å². The number of amides is 2. The van der Waals surface area contributed by atoms with Gasteiger partial charge in [0, 0.05) is 11.3 Å². The first-order valence-corrected chi connectivity index (χ1v) is 8.33. The molecule has 1 N–H and O–H groups in total. The lowest BCUT2D eigenvalue weighted by molar-refractivity contribution is -0.127. The first-order chi connectivity index (χ1) is 12.4. The average Bonchev–Trinajstić information content (AvgIpc) is 2.62. The largest absolute Gasteiger partial charge is 0.479 e. The highest BCUT2D eigenvalue weighted by molar-refractivity contribution is 6.06. The highest BCUT2D eigenvalue weighted by atomic mass is 16.5. The van der Waals surface area contributed by atoms with Gasteiger partial charge in [0.2, 0.25) is 5.91 Å². The van der Waals surface area contributed by atoms with Gasteiger partial charge < -0.3 is 10.1 Å². The van der Waals surface area contributed by atoms with Gasteiger partial charge >= 0.3 is 0 Å². The van der Waals surface area contributed by atoms with Gasteiger partial charge in [-0.15, -0.1) is 0 Å². The number of rotatable bonds is 4. The Morgan fingerprint density at radius 3 is 2.65 bits per heavy atom. The third kappa shape index (κ3) is 3.44. The van der Waals surface area contributed by atoms with Crippen molar-refractivity contribution in [2.45, 2.75) is 26.9 Å². The summed E-state index contributed by atoms with van der Waals surface area (Å²) in [5, 5.41) is 2.81. The number of aryl methyl sites for hydroxylation is 2. The van der Waals surface area contributed by atoms with Gasteiger partial charge in [-0.25, -0.2) is 0 Å². The van der Waals surface area contributed by atoms with Crippen LogP contribution in [-0.2, 0) is 9.59 Å². The van der Waals surface area contributed by atoms with Crippen LogP contribution in [0.5, 0.6) is 5.75 Å². The monoisotopic (exact) mass is 352 g/mol. The Labute approximate surface area is 151 Å². The molecule has 0 aliphatic carbocycles. The minimum Gasteiger partial charge on any atom is -0.479 e. The van der Waals surface area contributed by atoms with Crippen molar-refractivity contribution in [1.29, 1.82) is 0 Å². The van der Waals surface area contributed by atoms with Crippen LogP contribution in [0.15, 0.2) is 36.4 Å². The van der Waals surface area contributed by atoms with Crippen LogP contribution in [0.1, 0.15) is 28.4 Å². The Balaban J connectivity index is 1.83. The van der Waals surface area contributed by atoms with Gasteiger partial charge in [0.25, 0.3) is 5.91 Å². The summed E-state index contributed by atoms with van der Waals surface area (Å²) in [6.07, 6.45) is -0.00477. The molecule has 0 bridgehead atoms. The Morgan fingerprint density at radius 1 is 1.19 bits per heavy atom. The fourth-order valence-corrected chi connectivity index (χ4v) is 2.82. The maximum Gasteiger partial charge on any atom is 0.268 e. The second-order valence-corrected chi connectivity index (χ2v) is 6.38. The molecule has 2 aromatic carbocycles. The zero-order valence-electron chi connectivity index (χ0n) is 14.9. The molecule has 1 atom stereocenters. The van der Waals surface area contributed by atoms with E-state index in [1.807, 2.05) is 32.0 Å². The van der Waals surface area contributed by atoms with Crippen molar-refractivity contribution in [3.63, 3.8) is 0 Å². The number of nitrogens with zero attached hydrogens (tertiary/aromatic N) is 1. The Kier molecular flexibility index (Phi) is 4.75. The van der Waals surface area contributed by atoms with Gasteiger partial charge in [-0.05, 0) is 62.2 Å². The van der Waals surface area contributed by atoms with Crippen LogP contribution >= 0.6 is 0 Å². The highest BCUT2D eigenvalue weighted by Crippen LogP contribution is 2.34. The number of hydrogen-bond acceptors (Lipinski definition) is 4. The number of fused-ring (bicyclic) bond motifs is 1. The fraction of sp³-hybridized carbons (Fsp3) is 0.250. The van der Waals surface area contributed by atoms with Crippen LogP contribution in [0.3, 0.4) is 0 Å². The molecule has 0 aromatic heterocycles. The van der Waals surface area contributed by atoms with Crippen LogP contribution in [0.4, 0.5) is 11.4 Å². The van der Waals surface area contributed by atoms with Crippen molar-refractivity contribution >= 4 is 29.5 Å². The van der Waals surface area contributed by atoms with Crippen molar-refractivity contribution in [1.82, 2.24) is 0 Å². The highest BCUT2D eigenvalue weighted by Gasteiger charge is 2.33. The summed E-state index contributed by atoms with van der Waals surface area (Å²) in [5.41, 5.74) is 3.71. The second-order valence-electron chi connectivity index (χ2n) is 6.38. The van der Waals surface area contributed by atoms with Crippen LogP contribution in [0, 0.1) is 13.8 Å². The molecule has 3 rings (SSSR count). The number of carbonyl (C=O) groups excluding carboxylic acids is 3. The number of ether oxygens (including phenoxy) is 1. The van der Waals surface area contributed by atoms with E-state index >= 15 is 0 Å². The lowest BCUT2D eigenvalue weighted by Gasteiger charge is -2.32. The summed E-state index contributed by atoms with van der Waals surface area (Å²) >= 11 is 0. The summed E-state index contributed by atoms with van der Waals surface area (Å²) < 4.78 is 5.56. The Bertz CT molecular complexity index is 891. The van der Waals surface area contributed by atoms with Crippen molar-refractivity contribution in [3.05, 3.63) is 53.1 Å². The molecule has 1 heterocycles. The van der Waals surface area contributed by atoms with Gasteiger partial charge in [0.1, 0.15) is 18.6 Å². The van der Waals surface area contributed by atoms with Crippen LogP contribution in [0.25, 0.3) is 0 Å². The van der Waals surface area contributed by atoms with Crippen molar-refractivity contribution < 1.29 is 19.1 Å². The number of hydrogen-bond donors (Lipinski definition) is 1. The zero-order chi connectivity index (χ0) is 18.8. The number of aldehydes is 1. The van der Waals surface area contributed by atoms with E-state index in [0.29, 0.717) is 29.0 Å². The molecule has 0 radical (unpaired) electrons. The van der Waals surface area contributed by atoms with Crippen LogP contribution in [-0.4, -0.2) is 30.7 Å². The first kappa shape index (κ1) is 17.7. The molecule has 26 heavy (non-hydrogen) atoms. The molecule has 134 valence electrons. The van der Waals surface area contributed by atoms with Crippen molar-refractivity contribution in [3.8, 4) is 5.75 Å². The van der Waals surface area contributed by atoms with E-state index in [4.69, 9.17) is 4.74 Å². The molecule has 0 fully saturated rings. The molecule has 1 aliphatic heterocycles. The Morgan fingerprint density at radius 2 is 1.96 bits per heavy atom. The summed E-state index contributed by atoms with van der Waals surface area (Å²) in [5.74, 6) is -0.171. The third-order valence-electron chi connectivity index (χ3n) is 4.42. The Hall–Kier alpha value is -3.15. The molecule has 6 nitrogen and oxygen atoms in total. The van der Waals surface area contributed by atoms with Crippen molar-refractivity contribution in [2.75, 3.05) is 16.8 Å². The molecular weight excluding hydrogens is 332 g/mol. The van der Waals surface area contributed by atoms with Crippen LogP contribution in [0.2, 0.25) is 0 Å². The summed E-state index contributed by atoms with van der Waals surface area (Å²) in [6.45, 7) is 5.44. The first-order valence-electron chi connectivity index (χ1n) is 8.33. The number of carbonyl (C=O) groups is 3. The van der Waals surface area contributed by atoms with E-state index in [-0.39, 0.29) is 18.4 Å². The minimum absolute atomic E-state index is 0.158. The standard InChI is InChI=1S/C20H20N2O4/c1-12-4-6-16(8-13(12)2)21-19(24)10-22-17-9-15(11-23)5-7-18(17)26-14(3)20(22)25/h4-9,11,14H,10H2,1-3H3,(H,21,24). The molecule has 2 aromatic rings. The van der Waals surface area contributed by atoms with E-state index in [9.17, 15) is 14.4 Å². The molecule has 1 unspecified atom stereocenters. The summed E-state index contributed by atoms with van der Waals surface area (Å²) in [7, 11) is 0. The molecule has 2 amide bonds. The van der Waals surface area contributed by atoms with Gasteiger partial charge in [0.15, 0.2) is 6.10 Å². The van der Waals surface area contributed by atoms with Gasteiger partial charge in [-0.2, -0.15) is 0 Å². The lowest BCUT2D eigenvalue weighted by atomic mass is 10.1. The predicted octanol–water partition coefficient (Wildman–Crippen LogP) is 2.87. The molecule has 0 saturated carbocycles. The number of nitrogens with one attached hydrogen (secondary N) is 1. The summed E-state index contributed by atoms with van der Waals surface area (Å²) in [6, 6.07) is 10.4. The predicted molar refractivity (Wildman–Crippen MR) is 98.8 cm³/mol. The maximum absolute atomic E-state index is 12.5. The number of anilines is 2. The van der Waals surface area contributed by atoms with E-state index < -0.39 is 6.10 Å². The molecule has 0 spiro atoms.